The number of hydrogen-bond donors (Lipinski definition) is 2. The molecule has 4 rings (SSSR count). The predicted molar refractivity (Wildman–Crippen MR) is 96.8 cm³/mol. The molecule has 0 saturated carbocycles. The number of rotatable bonds is 5. The topological polar surface area (TPSA) is 104 Å². The van der Waals surface area contributed by atoms with Crippen LogP contribution in [0.15, 0.2) is 30.9 Å². The molecule has 2 unspecified atom stereocenters. The van der Waals surface area contributed by atoms with Gasteiger partial charge in [0.15, 0.2) is 0 Å². The van der Waals surface area contributed by atoms with Gasteiger partial charge in [0.05, 0.1) is 5.92 Å². The minimum Gasteiger partial charge on any atom is -0.335 e. The summed E-state index contributed by atoms with van der Waals surface area (Å²) in [5.74, 6) is -0.144. The molecule has 0 radical (unpaired) electrons. The molecule has 2 aromatic rings. The summed E-state index contributed by atoms with van der Waals surface area (Å²) in [6, 6.07) is 4.18. The number of likely N-dealkylation sites (tertiary alicyclic amines) is 1. The Hall–Kier alpha value is -2.43. The van der Waals surface area contributed by atoms with Gasteiger partial charge in [-0.25, -0.2) is 10.1 Å². The summed E-state index contributed by atoms with van der Waals surface area (Å²) >= 11 is 0. The van der Waals surface area contributed by atoms with Crippen LogP contribution in [0.3, 0.4) is 0 Å². The second-order valence-corrected chi connectivity index (χ2v) is 7.22. The number of nitrogens with one attached hydrogen (secondary N) is 2. The second-order valence-electron chi connectivity index (χ2n) is 7.22. The van der Waals surface area contributed by atoms with Gasteiger partial charge in [-0.15, -0.1) is 5.10 Å². The molecule has 2 aliphatic rings. The molecule has 10 nitrogen and oxygen atoms in total. The minimum absolute atomic E-state index is 0.124. The van der Waals surface area contributed by atoms with E-state index in [2.05, 4.69) is 43.3 Å². The van der Waals surface area contributed by atoms with Crippen LogP contribution in [-0.4, -0.2) is 73.6 Å². The maximum atomic E-state index is 13.6. The zero-order valence-corrected chi connectivity index (χ0v) is 15.4. The summed E-state index contributed by atoms with van der Waals surface area (Å²) < 4.78 is 1.60. The molecule has 2 saturated heterocycles. The van der Waals surface area contributed by atoms with Crippen LogP contribution in [-0.2, 0) is 11.3 Å². The third-order valence-corrected chi connectivity index (χ3v) is 5.43. The van der Waals surface area contributed by atoms with Crippen LogP contribution in [0.25, 0.3) is 0 Å². The fourth-order valence-corrected chi connectivity index (χ4v) is 3.85. The van der Waals surface area contributed by atoms with Crippen molar-refractivity contribution in [2.45, 2.75) is 31.6 Å². The first-order valence-electron chi connectivity index (χ1n) is 9.31. The van der Waals surface area contributed by atoms with E-state index in [0.717, 1.165) is 31.5 Å². The Kier molecular flexibility index (Phi) is 5.37. The van der Waals surface area contributed by atoms with Gasteiger partial charge in [0.2, 0.25) is 5.91 Å². The summed E-state index contributed by atoms with van der Waals surface area (Å²) in [6.45, 7) is 3.14. The monoisotopic (exact) mass is 371 g/mol. The van der Waals surface area contributed by atoms with Gasteiger partial charge in [0.25, 0.3) is 0 Å². The number of pyridine rings is 1. The summed E-state index contributed by atoms with van der Waals surface area (Å²) in [7, 11) is 2.13. The van der Waals surface area contributed by atoms with Gasteiger partial charge < -0.3 is 9.80 Å². The van der Waals surface area contributed by atoms with E-state index in [1.165, 1.54) is 6.33 Å². The minimum atomic E-state index is -0.293. The predicted octanol–water partition coefficient (Wildman–Crippen LogP) is -0.586. The Morgan fingerprint density at radius 1 is 1.30 bits per heavy atom. The number of carbonyl (C=O) groups excluding carboxylic acids is 1. The summed E-state index contributed by atoms with van der Waals surface area (Å²) in [5.41, 5.74) is 7.30. The average molecular weight is 371 g/mol. The van der Waals surface area contributed by atoms with Crippen LogP contribution in [0.2, 0.25) is 0 Å². The smallest absolute Gasteiger partial charge is 0.231 e. The number of piperidine rings is 1. The van der Waals surface area contributed by atoms with Crippen molar-refractivity contribution >= 4 is 5.91 Å². The van der Waals surface area contributed by atoms with Crippen molar-refractivity contribution in [2.75, 3.05) is 26.7 Å². The second kappa shape index (κ2) is 8.07. The summed E-state index contributed by atoms with van der Waals surface area (Å²) in [5, 5.41) is 11.4. The van der Waals surface area contributed by atoms with Crippen molar-refractivity contribution in [3.8, 4) is 0 Å². The Bertz CT molecular complexity index is 730. The first-order valence-corrected chi connectivity index (χ1v) is 9.31. The molecule has 4 heterocycles. The van der Waals surface area contributed by atoms with Gasteiger partial charge in [0.1, 0.15) is 12.5 Å². The molecule has 2 fully saturated rings. The Labute approximate surface area is 157 Å². The first kappa shape index (κ1) is 18.0. The molecule has 2 aromatic heterocycles. The highest BCUT2D eigenvalue weighted by Crippen LogP contribution is 2.25. The molecule has 27 heavy (non-hydrogen) atoms. The van der Waals surface area contributed by atoms with Crippen molar-refractivity contribution in [1.29, 1.82) is 0 Å². The molecule has 0 spiro atoms. The lowest BCUT2D eigenvalue weighted by molar-refractivity contribution is -0.140. The highest BCUT2D eigenvalue weighted by Gasteiger charge is 2.39. The Morgan fingerprint density at radius 3 is 2.78 bits per heavy atom. The van der Waals surface area contributed by atoms with E-state index in [9.17, 15) is 4.79 Å². The van der Waals surface area contributed by atoms with Crippen molar-refractivity contribution < 1.29 is 4.79 Å². The van der Waals surface area contributed by atoms with Crippen LogP contribution < -0.4 is 10.9 Å². The normalized spacial score (nSPS) is 24.2. The first-order chi connectivity index (χ1) is 13.2. The van der Waals surface area contributed by atoms with E-state index < -0.39 is 0 Å². The van der Waals surface area contributed by atoms with E-state index in [0.29, 0.717) is 13.1 Å². The molecule has 2 atom stereocenters. The highest BCUT2D eigenvalue weighted by molar-refractivity contribution is 5.80. The van der Waals surface area contributed by atoms with Crippen molar-refractivity contribution in [3.63, 3.8) is 0 Å². The standard InChI is InChI=1S/C17H25N9O/c1-24-8-4-14(5-9-24)25(11-13-2-6-18-7-3-13)17(27)15-10-19-21-16(15)26-12-20-22-23-26/h2-3,6-7,12,14-16,19,21H,4-5,8-11H2,1H3. The van der Waals surface area contributed by atoms with E-state index >= 15 is 0 Å². The fraction of sp³-hybridized carbons (Fsp3) is 0.588. The lowest BCUT2D eigenvalue weighted by Gasteiger charge is -2.39. The Morgan fingerprint density at radius 2 is 2.07 bits per heavy atom. The maximum absolute atomic E-state index is 13.6. The van der Waals surface area contributed by atoms with Gasteiger partial charge in [0, 0.05) is 31.5 Å². The summed E-state index contributed by atoms with van der Waals surface area (Å²) in [4.78, 5) is 22.0. The largest absolute Gasteiger partial charge is 0.335 e. The van der Waals surface area contributed by atoms with Crippen LogP contribution >= 0.6 is 0 Å². The number of tetrazole rings is 1. The number of hydrazine groups is 1. The zero-order valence-electron chi connectivity index (χ0n) is 15.4. The lowest BCUT2D eigenvalue weighted by Crippen LogP contribution is -2.49. The molecule has 1 amide bonds. The molecular formula is C17H25N9O. The fourth-order valence-electron chi connectivity index (χ4n) is 3.85. The van der Waals surface area contributed by atoms with Gasteiger partial charge in [-0.2, -0.15) is 0 Å². The molecule has 2 aliphatic heterocycles. The van der Waals surface area contributed by atoms with Gasteiger partial charge in [-0.3, -0.25) is 15.2 Å². The number of amides is 1. The molecule has 0 bridgehead atoms. The maximum Gasteiger partial charge on any atom is 0.231 e. The van der Waals surface area contributed by atoms with Crippen LogP contribution in [0.4, 0.5) is 0 Å². The van der Waals surface area contributed by atoms with Crippen molar-refractivity contribution in [3.05, 3.63) is 36.4 Å². The molecule has 0 aromatic carbocycles. The van der Waals surface area contributed by atoms with E-state index in [1.807, 2.05) is 17.0 Å². The molecule has 2 N–H and O–H groups in total. The van der Waals surface area contributed by atoms with Gasteiger partial charge >= 0.3 is 0 Å². The molecular weight excluding hydrogens is 346 g/mol. The number of nitrogens with zero attached hydrogens (tertiary/aromatic N) is 7. The van der Waals surface area contributed by atoms with E-state index in [-0.39, 0.29) is 24.0 Å². The van der Waals surface area contributed by atoms with E-state index in [4.69, 9.17) is 0 Å². The van der Waals surface area contributed by atoms with Crippen LogP contribution in [0.5, 0.6) is 0 Å². The van der Waals surface area contributed by atoms with Crippen LogP contribution in [0, 0.1) is 5.92 Å². The van der Waals surface area contributed by atoms with E-state index in [1.54, 1.807) is 17.1 Å². The van der Waals surface area contributed by atoms with Crippen LogP contribution in [0.1, 0.15) is 24.6 Å². The molecule has 144 valence electrons. The quantitative estimate of drug-likeness (QED) is 0.719. The van der Waals surface area contributed by atoms with Gasteiger partial charge in [-0.05, 0) is 61.1 Å². The number of hydrogen-bond acceptors (Lipinski definition) is 8. The highest BCUT2D eigenvalue weighted by atomic mass is 16.2. The SMILES string of the molecule is CN1CCC(N(Cc2ccncc2)C(=O)C2CNNC2n2cnnn2)CC1. The molecule has 10 heteroatoms. The van der Waals surface area contributed by atoms with Gasteiger partial charge in [-0.1, -0.05) is 0 Å². The molecule has 0 aliphatic carbocycles. The number of aromatic nitrogens is 5. The summed E-state index contributed by atoms with van der Waals surface area (Å²) in [6.07, 6.45) is 6.75. The zero-order chi connectivity index (χ0) is 18.6. The van der Waals surface area contributed by atoms with Crippen molar-refractivity contribution in [2.24, 2.45) is 5.92 Å². The van der Waals surface area contributed by atoms with Crippen molar-refractivity contribution in [1.82, 2.24) is 45.8 Å². The lowest BCUT2D eigenvalue weighted by atomic mass is 9.98. The third-order valence-electron chi connectivity index (χ3n) is 5.43. The number of carbonyl (C=O) groups is 1. The average Bonchev–Trinajstić information content (AvgIpc) is 3.38. The third kappa shape index (κ3) is 3.97. The Balaban J connectivity index is 1.56.